The number of hydrogen-bond acceptors (Lipinski definition) is 5. The summed E-state index contributed by atoms with van der Waals surface area (Å²) in [4.78, 5) is 21.8. The number of rotatable bonds is 3. The van der Waals surface area contributed by atoms with Crippen molar-refractivity contribution >= 4 is 33.3 Å². The molecule has 2 rings (SSSR count). The van der Waals surface area contributed by atoms with E-state index in [2.05, 4.69) is 15.3 Å². The maximum atomic E-state index is 11.8. The van der Waals surface area contributed by atoms with Gasteiger partial charge in [-0.15, -0.1) is 11.3 Å². The van der Waals surface area contributed by atoms with Crippen LogP contribution in [0.3, 0.4) is 0 Å². The van der Waals surface area contributed by atoms with Crippen molar-refractivity contribution in [3.8, 4) is 0 Å². The molecule has 2 aromatic heterocycles. The van der Waals surface area contributed by atoms with Crippen LogP contribution in [0.25, 0.3) is 10.2 Å². The zero-order chi connectivity index (χ0) is 13.3. The first-order valence-electron chi connectivity index (χ1n) is 5.67. The third-order valence-corrected chi connectivity index (χ3v) is 3.79. The fourth-order valence-electron chi connectivity index (χ4n) is 1.73. The molecule has 2 aromatic rings. The predicted octanol–water partition coefficient (Wildman–Crippen LogP) is 1.89. The molecule has 0 aromatic carbocycles. The standard InChI is InChI=1S/C12H16N4OS/c1-7-5-18-10-9(7)13-6-14-11(10)15-8(2)12(17)16(3)4/h5-6,8H,1-4H3,(H,13,14,15). The molecule has 6 heteroatoms. The number of hydrogen-bond donors (Lipinski definition) is 1. The molecule has 0 bridgehead atoms. The molecule has 2 heterocycles. The molecule has 96 valence electrons. The van der Waals surface area contributed by atoms with Crippen LogP contribution < -0.4 is 5.32 Å². The highest BCUT2D eigenvalue weighted by atomic mass is 32.1. The third-order valence-electron chi connectivity index (χ3n) is 2.70. The van der Waals surface area contributed by atoms with Crippen LogP contribution >= 0.6 is 11.3 Å². The second-order valence-electron chi connectivity index (χ2n) is 4.42. The summed E-state index contributed by atoms with van der Waals surface area (Å²) in [6, 6.07) is -0.305. The molecule has 1 unspecified atom stereocenters. The molecule has 0 spiro atoms. The van der Waals surface area contributed by atoms with Crippen LogP contribution in [0.2, 0.25) is 0 Å². The molecule has 0 aliphatic rings. The SMILES string of the molecule is Cc1csc2c(NC(C)C(=O)N(C)C)ncnc12. The number of nitrogens with one attached hydrogen (secondary N) is 1. The number of carbonyl (C=O) groups excluding carboxylic acids is 1. The van der Waals surface area contributed by atoms with Crippen molar-refractivity contribution in [2.75, 3.05) is 19.4 Å². The van der Waals surface area contributed by atoms with Crippen LogP contribution in [-0.4, -0.2) is 40.9 Å². The molecule has 0 saturated heterocycles. The lowest BCUT2D eigenvalue weighted by atomic mass is 10.3. The van der Waals surface area contributed by atoms with Gasteiger partial charge < -0.3 is 10.2 Å². The number of anilines is 1. The van der Waals surface area contributed by atoms with Gasteiger partial charge in [0.15, 0.2) is 0 Å². The summed E-state index contributed by atoms with van der Waals surface area (Å²) < 4.78 is 0.994. The van der Waals surface area contributed by atoms with Gasteiger partial charge in [-0.3, -0.25) is 4.79 Å². The second-order valence-corrected chi connectivity index (χ2v) is 5.30. The Kier molecular flexibility index (Phi) is 3.47. The average molecular weight is 264 g/mol. The van der Waals surface area contributed by atoms with Crippen LogP contribution in [0, 0.1) is 6.92 Å². The first-order chi connectivity index (χ1) is 8.50. The Morgan fingerprint density at radius 3 is 2.83 bits per heavy atom. The molecule has 0 radical (unpaired) electrons. The van der Waals surface area contributed by atoms with Crippen molar-refractivity contribution in [1.29, 1.82) is 0 Å². The zero-order valence-electron chi connectivity index (χ0n) is 10.9. The number of amides is 1. The summed E-state index contributed by atoms with van der Waals surface area (Å²) in [6.45, 7) is 3.85. The van der Waals surface area contributed by atoms with Crippen LogP contribution in [0.1, 0.15) is 12.5 Å². The van der Waals surface area contributed by atoms with Gasteiger partial charge in [0.05, 0.1) is 10.2 Å². The van der Waals surface area contributed by atoms with Crippen molar-refractivity contribution < 1.29 is 4.79 Å². The third kappa shape index (κ3) is 2.28. The minimum absolute atomic E-state index is 0.0232. The highest BCUT2D eigenvalue weighted by molar-refractivity contribution is 7.18. The van der Waals surface area contributed by atoms with Crippen LogP contribution in [-0.2, 0) is 4.79 Å². The highest BCUT2D eigenvalue weighted by Gasteiger charge is 2.17. The maximum absolute atomic E-state index is 11.8. The van der Waals surface area contributed by atoms with E-state index in [1.807, 2.05) is 19.2 Å². The lowest BCUT2D eigenvalue weighted by molar-refractivity contribution is -0.129. The summed E-state index contributed by atoms with van der Waals surface area (Å²) in [6.07, 6.45) is 1.53. The van der Waals surface area contributed by atoms with E-state index < -0.39 is 0 Å². The molecule has 1 atom stereocenters. The van der Waals surface area contributed by atoms with Crippen molar-refractivity contribution in [3.63, 3.8) is 0 Å². The van der Waals surface area contributed by atoms with E-state index in [0.29, 0.717) is 0 Å². The molecular weight excluding hydrogens is 248 g/mol. The molecule has 0 aliphatic carbocycles. The number of likely N-dealkylation sites (N-methyl/N-ethyl adjacent to an activating group) is 1. The molecule has 5 nitrogen and oxygen atoms in total. The fraction of sp³-hybridized carbons (Fsp3) is 0.417. The average Bonchev–Trinajstić information content (AvgIpc) is 2.71. The Bertz CT molecular complexity index is 578. The van der Waals surface area contributed by atoms with Crippen molar-refractivity contribution in [3.05, 3.63) is 17.3 Å². The molecule has 0 aliphatic heterocycles. The van der Waals surface area contributed by atoms with Gasteiger partial charge in [-0.05, 0) is 24.8 Å². The minimum atomic E-state index is -0.305. The smallest absolute Gasteiger partial charge is 0.244 e. The Morgan fingerprint density at radius 2 is 2.17 bits per heavy atom. The van der Waals surface area contributed by atoms with Crippen LogP contribution in [0.5, 0.6) is 0 Å². The quantitative estimate of drug-likeness (QED) is 0.919. The molecule has 18 heavy (non-hydrogen) atoms. The highest BCUT2D eigenvalue weighted by Crippen LogP contribution is 2.28. The molecule has 0 fully saturated rings. The van der Waals surface area contributed by atoms with E-state index >= 15 is 0 Å². The van der Waals surface area contributed by atoms with Crippen molar-refractivity contribution in [1.82, 2.24) is 14.9 Å². The Labute approximate surface area is 110 Å². The first-order valence-corrected chi connectivity index (χ1v) is 6.55. The van der Waals surface area contributed by atoms with E-state index in [1.165, 1.54) is 6.33 Å². The van der Waals surface area contributed by atoms with Gasteiger partial charge in [0.1, 0.15) is 18.2 Å². The monoisotopic (exact) mass is 264 g/mol. The van der Waals surface area contributed by atoms with Gasteiger partial charge in [0, 0.05) is 14.1 Å². The summed E-state index contributed by atoms with van der Waals surface area (Å²) in [5, 5.41) is 5.19. The van der Waals surface area contributed by atoms with Gasteiger partial charge in [-0.1, -0.05) is 0 Å². The summed E-state index contributed by atoms with van der Waals surface area (Å²) in [7, 11) is 3.48. The Balaban J connectivity index is 2.29. The van der Waals surface area contributed by atoms with Crippen LogP contribution in [0.15, 0.2) is 11.7 Å². The van der Waals surface area contributed by atoms with E-state index in [0.717, 1.165) is 21.6 Å². The van der Waals surface area contributed by atoms with E-state index in [-0.39, 0.29) is 11.9 Å². The summed E-state index contributed by atoms with van der Waals surface area (Å²) in [5.41, 5.74) is 2.08. The molecule has 0 saturated carbocycles. The fourth-order valence-corrected chi connectivity index (χ4v) is 2.68. The molecular formula is C12H16N4OS. The predicted molar refractivity (Wildman–Crippen MR) is 73.9 cm³/mol. The maximum Gasteiger partial charge on any atom is 0.244 e. The van der Waals surface area contributed by atoms with Gasteiger partial charge in [-0.2, -0.15) is 0 Å². The topological polar surface area (TPSA) is 58.1 Å². The number of aromatic nitrogens is 2. The lowest BCUT2D eigenvalue weighted by Crippen LogP contribution is -2.36. The number of thiophene rings is 1. The zero-order valence-corrected chi connectivity index (χ0v) is 11.7. The Morgan fingerprint density at radius 1 is 1.44 bits per heavy atom. The number of carbonyl (C=O) groups is 1. The number of nitrogens with zero attached hydrogens (tertiary/aromatic N) is 3. The van der Waals surface area contributed by atoms with E-state index in [1.54, 1.807) is 30.3 Å². The van der Waals surface area contributed by atoms with E-state index in [9.17, 15) is 4.79 Å². The second kappa shape index (κ2) is 4.89. The van der Waals surface area contributed by atoms with E-state index in [4.69, 9.17) is 0 Å². The molecule has 1 N–H and O–H groups in total. The normalized spacial score (nSPS) is 12.4. The van der Waals surface area contributed by atoms with Crippen molar-refractivity contribution in [2.24, 2.45) is 0 Å². The summed E-state index contributed by atoms with van der Waals surface area (Å²) >= 11 is 1.59. The van der Waals surface area contributed by atoms with Crippen molar-refractivity contribution in [2.45, 2.75) is 19.9 Å². The molecule has 1 amide bonds. The van der Waals surface area contributed by atoms with Crippen LogP contribution in [0.4, 0.5) is 5.82 Å². The van der Waals surface area contributed by atoms with Gasteiger partial charge >= 0.3 is 0 Å². The largest absolute Gasteiger partial charge is 0.357 e. The number of aryl methyl sites for hydroxylation is 1. The van der Waals surface area contributed by atoms with Gasteiger partial charge in [0.2, 0.25) is 5.91 Å². The minimum Gasteiger partial charge on any atom is -0.357 e. The summed E-state index contributed by atoms with van der Waals surface area (Å²) in [5.74, 6) is 0.746. The lowest BCUT2D eigenvalue weighted by Gasteiger charge is -2.18. The first kappa shape index (κ1) is 12.8. The van der Waals surface area contributed by atoms with Gasteiger partial charge in [0.25, 0.3) is 0 Å². The Hall–Kier alpha value is -1.69. The number of fused-ring (bicyclic) bond motifs is 1. The van der Waals surface area contributed by atoms with Gasteiger partial charge in [-0.25, -0.2) is 9.97 Å².